The van der Waals surface area contributed by atoms with Crippen LogP contribution in [0.4, 0.5) is 4.79 Å². The van der Waals surface area contributed by atoms with Gasteiger partial charge in [0.25, 0.3) is 0 Å². The van der Waals surface area contributed by atoms with Crippen LogP contribution in [0.1, 0.15) is 13.3 Å². The van der Waals surface area contributed by atoms with E-state index in [-0.39, 0.29) is 12.1 Å². The Bertz CT molecular complexity index is 184. The summed E-state index contributed by atoms with van der Waals surface area (Å²) in [7, 11) is 0. The number of carbonyl (C=O) groups excluding carboxylic acids is 1. The Morgan fingerprint density at radius 1 is 1.77 bits per heavy atom. The molecule has 13 heavy (non-hydrogen) atoms. The summed E-state index contributed by atoms with van der Waals surface area (Å²) in [5.74, 6) is 0. The Morgan fingerprint density at radius 2 is 2.46 bits per heavy atom. The van der Waals surface area contributed by atoms with E-state index in [2.05, 4.69) is 5.32 Å². The molecule has 0 aliphatic carbocycles. The van der Waals surface area contributed by atoms with E-state index >= 15 is 0 Å². The van der Waals surface area contributed by atoms with E-state index in [1.54, 1.807) is 11.8 Å². The molecule has 0 bridgehead atoms. The summed E-state index contributed by atoms with van der Waals surface area (Å²) in [4.78, 5) is 12.9. The van der Waals surface area contributed by atoms with Crippen molar-refractivity contribution >= 4 is 6.03 Å². The third kappa shape index (κ3) is 2.86. The first-order valence-electron chi connectivity index (χ1n) is 4.57. The van der Waals surface area contributed by atoms with Gasteiger partial charge in [0.1, 0.15) is 0 Å². The average molecular weight is 187 g/mol. The Hall–Kier alpha value is -0.810. The van der Waals surface area contributed by atoms with Crippen LogP contribution in [0.5, 0.6) is 0 Å². The molecular formula is C8H17N3O2. The number of nitrogens with two attached hydrogens (primary N) is 1. The van der Waals surface area contributed by atoms with Crippen LogP contribution < -0.4 is 11.1 Å². The summed E-state index contributed by atoms with van der Waals surface area (Å²) >= 11 is 0. The maximum atomic E-state index is 11.2. The fourth-order valence-electron chi connectivity index (χ4n) is 1.26. The largest absolute Gasteiger partial charge is 0.392 e. The standard InChI is InChI=1S/C8H17N3O2/c1-6(12)7(9)5-11-4-2-3-10-8(11)13/h6-7,12H,2-5,9H2,1H3,(H,10,13). The second-order valence-electron chi connectivity index (χ2n) is 3.44. The third-order valence-corrected chi connectivity index (χ3v) is 2.22. The zero-order chi connectivity index (χ0) is 9.84. The minimum Gasteiger partial charge on any atom is -0.392 e. The van der Waals surface area contributed by atoms with Crippen LogP contribution in [0.15, 0.2) is 0 Å². The highest BCUT2D eigenvalue weighted by molar-refractivity contribution is 5.74. The predicted octanol–water partition coefficient (Wildman–Crippen LogP) is -0.890. The number of aliphatic hydroxyl groups excluding tert-OH is 1. The first-order valence-corrected chi connectivity index (χ1v) is 4.57. The molecule has 0 aromatic rings. The monoisotopic (exact) mass is 187 g/mol. The average Bonchev–Trinajstić information content (AvgIpc) is 2.08. The van der Waals surface area contributed by atoms with Crippen LogP contribution in [0, 0.1) is 0 Å². The number of aliphatic hydroxyl groups is 1. The zero-order valence-electron chi connectivity index (χ0n) is 7.86. The van der Waals surface area contributed by atoms with E-state index in [0.29, 0.717) is 6.54 Å². The van der Waals surface area contributed by atoms with Crippen molar-refractivity contribution in [1.82, 2.24) is 10.2 Å². The quantitative estimate of drug-likeness (QED) is 0.536. The van der Waals surface area contributed by atoms with E-state index in [1.807, 2.05) is 0 Å². The zero-order valence-corrected chi connectivity index (χ0v) is 7.86. The number of nitrogens with zero attached hydrogens (tertiary/aromatic N) is 1. The summed E-state index contributed by atoms with van der Waals surface area (Å²) in [6, 6.07) is -0.439. The highest BCUT2D eigenvalue weighted by Crippen LogP contribution is 2.01. The molecule has 1 saturated heterocycles. The number of hydrogen-bond acceptors (Lipinski definition) is 3. The van der Waals surface area contributed by atoms with Crippen LogP contribution in [0.25, 0.3) is 0 Å². The molecule has 0 aromatic carbocycles. The molecule has 1 aliphatic rings. The van der Waals surface area contributed by atoms with Gasteiger partial charge in [-0.15, -0.1) is 0 Å². The van der Waals surface area contributed by atoms with Crippen molar-refractivity contribution in [3.63, 3.8) is 0 Å². The molecule has 0 saturated carbocycles. The lowest BCUT2D eigenvalue weighted by atomic mass is 10.2. The van der Waals surface area contributed by atoms with Gasteiger partial charge in [0.15, 0.2) is 0 Å². The molecule has 5 heteroatoms. The molecule has 2 unspecified atom stereocenters. The maximum absolute atomic E-state index is 11.2. The summed E-state index contributed by atoms with van der Waals surface area (Å²) in [6.45, 7) is 3.52. The number of carbonyl (C=O) groups is 1. The molecule has 76 valence electrons. The van der Waals surface area contributed by atoms with Gasteiger partial charge in [0, 0.05) is 25.7 Å². The Balaban J connectivity index is 2.38. The first-order chi connectivity index (χ1) is 6.11. The SMILES string of the molecule is CC(O)C(N)CN1CCCNC1=O. The van der Waals surface area contributed by atoms with Gasteiger partial charge < -0.3 is 21.1 Å². The summed E-state index contributed by atoms with van der Waals surface area (Å²) in [6.07, 6.45) is 0.368. The van der Waals surface area contributed by atoms with Crippen molar-refractivity contribution in [3.8, 4) is 0 Å². The van der Waals surface area contributed by atoms with Crippen molar-refractivity contribution in [1.29, 1.82) is 0 Å². The van der Waals surface area contributed by atoms with Gasteiger partial charge in [-0.1, -0.05) is 0 Å². The van der Waals surface area contributed by atoms with Gasteiger partial charge in [-0.25, -0.2) is 4.79 Å². The van der Waals surface area contributed by atoms with E-state index in [4.69, 9.17) is 10.8 Å². The smallest absolute Gasteiger partial charge is 0.317 e. The molecule has 1 fully saturated rings. The lowest BCUT2D eigenvalue weighted by Crippen LogP contribution is -2.52. The molecule has 1 rings (SSSR count). The Labute approximate surface area is 77.9 Å². The number of hydrogen-bond donors (Lipinski definition) is 3. The number of urea groups is 1. The molecule has 2 amide bonds. The number of rotatable bonds is 3. The minimum atomic E-state index is -0.574. The predicted molar refractivity (Wildman–Crippen MR) is 49.2 cm³/mol. The lowest BCUT2D eigenvalue weighted by Gasteiger charge is -2.30. The van der Waals surface area contributed by atoms with Crippen LogP contribution in [0.3, 0.4) is 0 Å². The summed E-state index contributed by atoms with van der Waals surface area (Å²) in [5, 5.41) is 11.9. The summed E-state index contributed by atoms with van der Waals surface area (Å²) < 4.78 is 0. The first kappa shape index (κ1) is 10.3. The van der Waals surface area contributed by atoms with Crippen LogP contribution in [-0.4, -0.2) is 47.8 Å². The molecule has 2 atom stereocenters. The van der Waals surface area contributed by atoms with Gasteiger partial charge >= 0.3 is 6.03 Å². The minimum absolute atomic E-state index is 0.0812. The van der Waals surface area contributed by atoms with E-state index in [0.717, 1.165) is 19.5 Å². The van der Waals surface area contributed by atoms with Gasteiger partial charge in [0.2, 0.25) is 0 Å². The second-order valence-corrected chi connectivity index (χ2v) is 3.44. The fourth-order valence-corrected chi connectivity index (χ4v) is 1.26. The topological polar surface area (TPSA) is 78.6 Å². The Kier molecular flexibility index (Phi) is 3.50. The van der Waals surface area contributed by atoms with Crippen LogP contribution >= 0.6 is 0 Å². The van der Waals surface area contributed by atoms with Crippen molar-refractivity contribution in [2.24, 2.45) is 5.73 Å². The van der Waals surface area contributed by atoms with Gasteiger partial charge in [-0.3, -0.25) is 0 Å². The maximum Gasteiger partial charge on any atom is 0.317 e. The highest BCUT2D eigenvalue weighted by Gasteiger charge is 2.21. The van der Waals surface area contributed by atoms with E-state index in [1.165, 1.54) is 0 Å². The van der Waals surface area contributed by atoms with Crippen molar-refractivity contribution < 1.29 is 9.90 Å². The molecule has 5 nitrogen and oxygen atoms in total. The van der Waals surface area contributed by atoms with Gasteiger partial charge in [-0.05, 0) is 13.3 Å². The van der Waals surface area contributed by atoms with Crippen LogP contribution in [0.2, 0.25) is 0 Å². The van der Waals surface area contributed by atoms with Gasteiger partial charge in [0.05, 0.1) is 6.10 Å². The number of nitrogens with one attached hydrogen (secondary N) is 1. The molecule has 0 radical (unpaired) electrons. The second kappa shape index (κ2) is 4.43. The van der Waals surface area contributed by atoms with Crippen molar-refractivity contribution in [3.05, 3.63) is 0 Å². The van der Waals surface area contributed by atoms with E-state index in [9.17, 15) is 4.79 Å². The summed E-state index contributed by atoms with van der Waals surface area (Å²) in [5.41, 5.74) is 5.64. The normalized spacial score (nSPS) is 22.4. The number of amides is 2. The molecule has 1 aliphatic heterocycles. The molecular weight excluding hydrogens is 170 g/mol. The fraction of sp³-hybridized carbons (Fsp3) is 0.875. The van der Waals surface area contributed by atoms with Crippen molar-refractivity contribution in [2.75, 3.05) is 19.6 Å². The van der Waals surface area contributed by atoms with Crippen molar-refractivity contribution in [2.45, 2.75) is 25.5 Å². The highest BCUT2D eigenvalue weighted by atomic mass is 16.3. The molecule has 1 heterocycles. The Morgan fingerprint density at radius 3 is 3.00 bits per heavy atom. The van der Waals surface area contributed by atoms with E-state index < -0.39 is 6.10 Å². The van der Waals surface area contributed by atoms with Gasteiger partial charge in [-0.2, -0.15) is 0 Å². The lowest BCUT2D eigenvalue weighted by molar-refractivity contribution is 0.131. The molecule has 4 N–H and O–H groups in total. The third-order valence-electron chi connectivity index (χ3n) is 2.22. The molecule has 0 spiro atoms. The van der Waals surface area contributed by atoms with Crippen LogP contribution in [-0.2, 0) is 0 Å². The molecule has 0 aromatic heterocycles.